The van der Waals surface area contributed by atoms with E-state index >= 15 is 0 Å². The SMILES string of the molecule is FC(C1=CCCCCC1)C1CCCN1. The van der Waals surface area contributed by atoms with Gasteiger partial charge in [-0.1, -0.05) is 12.5 Å². The van der Waals surface area contributed by atoms with Crippen LogP contribution in [0.3, 0.4) is 0 Å². The minimum atomic E-state index is -0.712. The van der Waals surface area contributed by atoms with Crippen LogP contribution in [0.25, 0.3) is 0 Å². The van der Waals surface area contributed by atoms with Crippen molar-refractivity contribution in [2.24, 2.45) is 0 Å². The summed E-state index contributed by atoms with van der Waals surface area (Å²) >= 11 is 0. The van der Waals surface area contributed by atoms with E-state index in [0.29, 0.717) is 0 Å². The van der Waals surface area contributed by atoms with Gasteiger partial charge in [0.15, 0.2) is 0 Å². The van der Waals surface area contributed by atoms with Gasteiger partial charge in [-0.05, 0) is 50.6 Å². The molecule has 1 fully saturated rings. The first-order chi connectivity index (χ1) is 6.88. The minimum Gasteiger partial charge on any atom is -0.311 e. The molecule has 0 spiro atoms. The monoisotopic (exact) mass is 197 g/mol. The Bertz CT molecular complexity index is 206. The zero-order valence-electron chi connectivity index (χ0n) is 8.77. The molecule has 2 unspecified atom stereocenters. The van der Waals surface area contributed by atoms with Crippen molar-refractivity contribution < 1.29 is 4.39 Å². The van der Waals surface area contributed by atoms with Crippen LogP contribution < -0.4 is 5.32 Å². The molecule has 0 aromatic heterocycles. The highest BCUT2D eigenvalue weighted by atomic mass is 19.1. The fraction of sp³-hybridized carbons (Fsp3) is 0.833. The first kappa shape index (κ1) is 10.2. The topological polar surface area (TPSA) is 12.0 Å². The maximum Gasteiger partial charge on any atom is 0.136 e. The van der Waals surface area contributed by atoms with E-state index in [1.807, 2.05) is 0 Å². The van der Waals surface area contributed by atoms with Crippen molar-refractivity contribution in [3.05, 3.63) is 11.6 Å². The molecule has 1 nitrogen and oxygen atoms in total. The van der Waals surface area contributed by atoms with Gasteiger partial charge in [0.1, 0.15) is 6.17 Å². The zero-order valence-corrected chi connectivity index (χ0v) is 8.77. The second-order valence-electron chi connectivity index (χ2n) is 4.48. The molecule has 1 heterocycles. The zero-order chi connectivity index (χ0) is 9.80. The maximum absolute atomic E-state index is 14.0. The standard InChI is InChI=1S/C12H20FN/c13-12(11-8-5-9-14-11)10-6-3-1-2-4-7-10/h6,11-12,14H,1-5,7-9H2. The molecule has 1 N–H and O–H groups in total. The predicted molar refractivity (Wildman–Crippen MR) is 57.1 cm³/mol. The average Bonchev–Trinajstić information content (AvgIpc) is 2.59. The molecule has 80 valence electrons. The highest BCUT2D eigenvalue weighted by Crippen LogP contribution is 2.26. The fourth-order valence-electron chi connectivity index (χ4n) is 2.51. The van der Waals surface area contributed by atoms with Crippen LogP contribution in [0.2, 0.25) is 0 Å². The van der Waals surface area contributed by atoms with Gasteiger partial charge in [-0.25, -0.2) is 4.39 Å². The molecule has 0 radical (unpaired) electrons. The molecule has 2 aliphatic rings. The molecule has 0 bridgehead atoms. The van der Waals surface area contributed by atoms with Gasteiger partial charge < -0.3 is 5.32 Å². The Morgan fingerprint density at radius 1 is 1.29 bits per heavy atom. The van der Waals surface area contributed by atoms with Crippen molar-refractivity contribution in [1.29, 1.82) is 0 Å². The number of nitrogens with one attached hydrogen (secondary N) is 1. The van der Waals surface area contributed by atoms with Gasteiger partial charge in [0.05, 0.1) is 0 Å². The van der Waals surface area contributed by atoms with E-state index in [0.717, 1.165) is 37.8 Å². The van der Waals surface area contributed by atoms with E-state index in [1.165, 1.54) is 19.3 Å². The van der Waals surface area contributed by atoms with Crippen LogP contribution in [-0.4, -0.2) is 18.8 Å². The molecule has 0 aromatic rings. The average molecular weight is 197 g/mol. The van der Waals surface area contributed by atoms with Gasteiger partial charge >= 0.3 is 0 Å². The van der Waals surface area contributed by atoms with Crippen LogP contribution in [0, 0.1) is 0 Å². The number of hydrogen-bond acceptors (Lipinski definition) is 1. The normalized spacial score (nSPS) is 30.9. The second-order valence-corrected chi connectivity index (χ2v) is 4.48. The number of alkyl halides is 1. The van der Waals surface area contributed by atoms with Crippen molar-refractivity contribution in [3.63, 3.8) is 0 Å². The van der Waals surface area contributed by atoms with E-state index in [1.54, 1.807) is 0 Å². The Balaban J connectivity index is 1.94. The lowest BCUT2D eigenvalue weighted by Crippen LogP contribution is -2.33. The van der Waals surface area contributed by atoms with Gasteiger partial charge in [-0.2, -0.15) is 0 Å². The molecular formula is C12H20FN. The van der Waals surface area contributed by atoms with Gasteiger partial charge in [-0.15, -0.1) is 0 Å². The fourth-order valence-corrected chi connectivity index (χ4v) is 2.51. The lowest BCUT2D eigenvalue weighted by atomic mass is 9.98. The summed E-state index contributed by atoms with van der Waals surface area (Å²) in [5.41, 5.74) is 1.07. The Kier molecular flexibility index (Phi) is 3.57. The first-order valence-corrected chi connectivity index (χ1v) is 5.94. The van der Waals surface area contributed by atoms with E-state index in [-0.39, 0.29) is 6.04 Å². The lowest BCUT2D eigenvalue weighted by molar-refractivity contribution is 0.299. The molecule has 0 amide bonds. The van der Waals surface area contributed by atoms with E-state index < -0.39 is 6.17 Å². The number of rotatable bonds is 2. The molecule has 14 heavy (non-hydrogen) atoms. The number of halogens is 1. The van der Waals surface area contributed by atoms with Crippen LogP contribution in [0.15, 0.2) is 11.6 Å². The molecule has 0 aromatic carbocycles. The van der Waals surface area contributed by atoms with Gasteiger partial charge in [0.25, 0.3) is 0 Å². The van der Waals surface area contributed by atoms with Crippen LogP contribution in [0.4, 0.5) is 4.39 Å². The van der Waals surface area contributed by atoms with Crippen LogP contribution >= 0.6 is 0 Å². The highest BCUT2D eigenvalue weighted by Gasteiger charge is 2.27. The van der Waals surface area contributed by atoms with Gasteiger partial charge in [0, 0.05) is 6.04 Å². The highest BCUT2D eigenvalue weighted by molar-refractivity contribution is 5.13. The smallest absolute Gasteiger partial charge is 0.136 e. The van der Waals surface area contributed by atoms with E-state index in [4.69, 9.17) is 0 Å². The quantitative estimate of drug-likeness (QED) is 0.671. The van der Waals surface area contributed by atoms with Crippen molar-refractivity contribution in [3.8, 4) is 0 Å². The molecule has 2 rings (SSSR count). The van der Waals surface area contributed by atoms with Crippen molar-refractivity contribution in [1.82, 2.24) is 5.32 Å². The largest absolute Gasteiger partial charge is 0.311 e. The van der Waals surface area contributed by atoms with Crippen molar-refractivity contribution >= 4 is 0 Å². The first-order valence-electron chi connectivity index (χ1n) is 5.94. The number of allylic oxidation sites excluding steroid dienone is 1. The summed E-state index contributed by atoms with van der Waals surface area (Å²) in [4.78, 5) is 0. The molecule has 2 atom stereocenters. The number of hydrogen-bond donors (Lipinski definition) is 1. The summed E-state index contributed by atoms with van der Waals surface area (Å²) in [5, 5.41) is 3.26. The molecule has 1 saturated heterocycles. The molecule has 0 saturated carbocycles. The summed E-state index contributed by atoms with van der Waals surface area (Å²) in [5.74, 6) is 0. The molecular weight excluding hydrogens is 177 g/mol. The van der Waals surface area contributed by atoms with Crippen LogP contribution in [0.5, 0.6) is 0 Å². The maximum atomic E-state index is 14.0. The summed E-state index contributed by atoms with van der Waals surface area (Å²) in [6, 6.07) is 0.111. The predicted octanol–water partition coefficient (Wildman–Crippen LogP) is 2.97. The van der Waals surface area contributed by atoms with Crippen LogP contribution in [0.1, 0.15) is 44.9 Å². The Hall–Kier alpha value is -0.370. The summed E-state index contributed by atoms with van der Waals surface area (Å²) < 4.78 is 14.0. The van der Waals surface area contributed by atoms with Crippen molar-refractivity contribution in [2.45, 2.75) is 57.2 Å². The summed E-state index contributed by atoms with van der Waals surface area (Å²) in [6.07, 6.45) is 9.35. The Labute approximate surface area is 85.8 Å². The lowest BCUT2D eigenvalue weighted by Gasteiger charge is -2.18. The molecule has 1 aliphatic carbocycles. The van der Waals surface area contributed by atoms with Crippen LogP contribution in [-0.2, 0) is 0 Å². The summed E-state index contributed by atoms with van der Waals surface area (Å²) in [6.45, 7) is 0.998. The van der Waals surface area contributed by atoms with Gasteiger partial charge in [0.2, 0.25) is 0 Å². The van der Waals surface area contributed by atoms with Crippen molar-refractivity contribution in [2.75, 3.05) is 6.54 Å². The third kappa shape index (κ3) is 2.35. The Morgan fingerprint density at radius 3 is 3.00 bits per heavy atom. The second kappa shape index (κ2) is 4.92. The summed E-state index contributed by atoms with van der Waals surface area (Å²) in [7, 11) is 0. The molecule has 1 aliphatic heterocycles. The Morgan fingerprint density at radius 2 is 2.21 bits per heavy atom. The molecule has 2 heteroatoms. The van der Waals surface area contributed by atoms with Gasteiger partial charge in [-0.3, -0.25) is 0 Å². The third-order valence-electron chi connectivity index (χ3n) is 3.38. The third-order valence-corrected chi connectivity index (χ3v) is 3.38. The van der Waals surface area contributed by atoms with E-state index in [2.05, 4.69) is 11.4 Å². The minimum absolute atomic E-state index is 0.111. The van der Waals surface area contributed by atoms with E-state index in [9.17, 15) is 4.39 Å².